The lowest BCUT2D eigenvalue weighted by molar-refractivity contribution is -0.124. The van der Waals surface area contributed by atoms with E-state index in [0.717, 1.165) is 0 Å². The van der Waals surface area contributed by atoms with Gasteiger partial charge in [-0.2, -0.15) is 0 Å². The van der Waals surface area contributed by atoms with Crippen LogP contribution in [0.1, 0.15) is 39.4 Å². The van der Waals surface area contributed by atoms with Crippen LogP contribution in [-0.2, 0) is 4.79 Å². The molecule has 0 saturated carbocycles. The predicted molar refractivity (Wildman–Crippen MR) is 76.7 cm³/mol. The number of aliphatic hydroxyl groups excluding tert-OH is 1. The quantitative estimate of drug-likeness (QED) is 0.771. The molecule has 1 aromatic carbocycles. The Hall–Kier alpha value is -1.46. The molecule has 0 fully saturated rings. The molecule has 20 heavy (non-hydrogen) atoms. The smallest absolute Gasteiger partial charge is 0.237 e. The SMILES string of the molecule is CC(NCC(O)c1cccc(F)c1)C(=O)NC(C)(C)C. The molecule has 0 spiro atoms. The Kier molecular flexibility index (Phi) is 5.65. The van der Waals surface area contributed by atoms with Gasteiger partial charge in [-0.25, -0.2) is 4.39 Å². The lowest BCUT2D eigenvalue weighted by Gasteiger charge is -2.24. The number of amides is 1. The summed E-state index contributed by atoms with van der Waals surface area (Å²) in [6.07, 6.45) is -0.851. The number of aliphatic hydroxyl groups is 1. The van der Waals surface area contributed by atoms with Gasteiger partial charge in [-0.3, -0.25) is 4.79 Å². The van der Waals surface area contributed by atoms with Crippen LogP contribution in [0, 0.1) is 5.82 Å². The standard InChI is InChI=1S/C15H23FN2O2/c1-10(14(20)18-15(2,3)4)17-9-13(19)11-6-5-7-12(16)8-11/h5-8,10,13,17,19H,9H2,1-4H3,(H,18,20). The Morgan fingerprint density at radius 2 is 2.05 bits per heavy atom. The average molecular weight is 282 g/mol. The van der Waals surface area contributed by atoms with E-state index in [2.05, 4.69) is 10.6 Å². The van der Waals surface area contributed by atoms with E-state index in [4.69, 9.17) is 0 Å². The van der Waals surface area contributed by atoms with Crippen molar-refractivity contribution in [3.05, 3.63) is 35.6 Å². The van der Waals surface area contributed by atoms with Gasteiger partial charge in [0.15, 0.2) is 0 Å². The van der Waals surface area contributed by atoms with Crippen molar-refractivity contribution in [3.8, 4) is 0 Å². The van der Waals surface area contributed by atoms with E-state index in [1.54, 1.807) is 19.1 Å². The molecule has 0 bridgehead atoms. The molecule has 3 N–H and O–H groups in total. The van der Waals surface area contributed by atoms with Gasteiger partial charge in [0.2, 0.25) is 5.91 Å². The first-order valence-corrected chi connectivity index (χ1v) is 6.68. The normalized spacial score (nSPS) is 14.7. The van der Waals surface area contributed by atoms with Crippen LogP contribution in [0.25, 0.3) is 0 Å². The zero-order valence-electron chi connectivity index (χ0n) is 12.4. The number of hydrogen-bond donors (Lipinski definition) is 3. The van der Waals surface area contributed by atoms with Crippen LogP contribution in [0.4, 0.5) is 4.39 Å². The molecule has 2 unspecified atom stereocenters. The fraction of sp³-hybridized carbons (Fsp3) is 0.533. The van der Waals surface area contributed by atoms with Crippen molar-refractivity contribution in [2.45, 2.75) is 45.4 Å². The molecule has 0 aromatic heterocycles. The van der Waals surface area contributed by atoms with Crippen molar-refractivity contribution in [1.29, 1.82) is 0 Å². The van der Waals surface area contributed by atoms with Crippen LogP contribution < -0.4 is 10.6 Å². The summed E-state index contributed by atoms with van der Waals surface area (Å²) in [5.41, 5.74) is 0.190. The van der Waals surface area contributed by atoms with Crippen molar-refractivity contribution in [3.63, 3.8) is 0 Å². The number of benzene rings is 1. The molecule has 0 aliphatic carbocycles. The van der Waals surface area contributed by atoms with E-state index in [1.807, 2.05) is 20.8 Å². The largest absolute Gasteiger partial charge is 0.387 e. The summed E-state index contributed by atoms with van der Waals surface area (Å²) in [5.74, 6) is -0.524. The maximum Gasteiger partial charge on any atom is 0.237 e. The summed E-state index contributed by atoms with van der Waals surface area (Å²) in [6.45, 7) is 7.61. The molecule has 0 aliphatic heterocycles. The Bertz CT molecular complexity index is 457. The van der Waals surface area contributed by atoms with Gasteiger partial charge in [0, 0.05) is 12.1 Å². The van der Waals surface area contributed by atoms with Crippen molar-refractivity contribution in [1.82, 2.24) is 10.6 Å². The maximum atomic E-state index is 13.0. The first-order chi connectivity index (χ1) is 9.19. The molecule has 0 aliphatic rings. The van der Waals surface area contributed by atoms with Gasteiger partial charge in [0.1, 0.15) is 5.82 Å². The molecule has 2 atom stereocenters. The summed E-state index contributed by atoms with van der Waals surface area (Å²) < 4.78 is 13.0. The molecule has 1 amide bonds. The average Bonchev–Trinajstić information content (AvgIpc) is 2.33. The van der Waals surface area contributed by atoms with E-state index in [-0.39, 0.29) is 23.8 Å². The third-order valence-electron chi connectivity index (χ3n) is 2.74. The van der Waals surface area contributed by atoms with Crippen molar-refractivity contribution < 1.29 is 14.3 Å². The Morgan fingerprint density at radius 1 is 1.40 bits per heavy atom. The van der Waals surface area contributed by atoms with Crippen LogP contribution in [0.3, 0.4) is 0 Å². The molecule has 1 aromatic rings. The maximum absolute atomic E-state index is 13.0. The summed E-state index contributed by atoms with van der Waals surface area (Å²) in [5, 5.41) is 15.7. The Labute approximate surface area is 119 Å². The second-order valence-corrected chi connectivity index (χ2v) is 5.94. The van der Waals surface area contributed by atoms with Crippen LogP contribution in [0.5, 0.6) is 0 Å². The third kappa shape index (κ3) is 5.67. The molecule has 5 heteroatoms. The molecule has 112 valence electrons. The van der Waals surface area contributed by atoms with E-state index >= 15 is 0 Å². The highest BCUT2D eigenvalue weighted by molar-refractivity contribution is 5.81. The molecular weight excluding hydrogens is 259 g/mol. The zero-order valence-corrected chi connectivity index (χ0v) is 12.4. The minimum absolute atomic E-state index is 0.135. The second kappa shape index (κ2) is 6.81. The number of rotatable bonds is 5. The highest BCUT2D eigenvalue weighted by Gasteiger charge is 2.19. The summed E-state index contributed by atoms with van der Waals surface area (Å²) in [6, 6.07) is 5.37. The number of halogens is 1. The van der Waals surface area contributed by atoms with Crippen LogP contribution >= 0.6 is 0 Å². The van der Waals surface area contributed by atoms with Crippen molar-refractivity contribution in [2.75, 3.05) is 6.54 Å². The van der Waals surface area contributed by atoms with Crippen LogP contribution in [0.2, 0.25) is 0 Å². The number of carbonyl (C=O) groups excluding carboxylic acids is 1. The van der Waals surface area contributed by atoms with Gasteiger partial charge >= 0.3 is 0 Å². The second-order valence-electron chi connectivity index (χ2n) is 5.94. The Balaban J connectivity index is 2.48. The lowest BCUT2D eigenvalue weighted by atomic mass is 10.1. The lowest BCUT2D eigenvalue weighted by Crippen LogP contribution is -2.50. The van der Waals surface area contributed by atoms with E-state index in [1.165, 1.54) is 12.1 Å². The first-order valence-electron chi connectivity index (χ1n) is 6.68. The highest BCUT2D eigenvalue weighted by Crippen LogP contribution is 2.13. The fourth-order valence-corrected chi connectivity index (χ4v) is 1.69. The van der Waals surface area contributed by atoms with Crippen molar-refractivity contribution >= 4 is 5.91 Å². The highest BCUT2D eigenvalue weighted by atomic mass is 19.1. The van der Waals surface area contributed by atoms with Gasteiger partial charge in [0.05, 0.1) is 12.1 Å². The molecule has 0 heterocycles. The van der Waals surface area contributed by atoms with Crippen LogP contribution in [0.15, 0.2) is 24.3 Å². The fourth-order valence-electron chi connectivity index (χ4n) is 1.69. The summed E-state index contributed by atoms with van der Waals surface area (Å²) >= 11 is 0. The molecular formula is C15H23FN2O2. The van der Waals surface area contributed by atoms with E-state index in [0.29, 0.717) is 5.56 Å². The molecule has 4 nitrogen and oxygen atoms in total. The topological polar surface area (TPSA) is 61.4 Å². The van der Waals surface area contributed by atoms with Gasteiger partial charge in [0.25, 0.3) is 0 Å². The van der Waals surface area contributed by atoms with E-state index in [9.17, 15) is 14.3 Å². The molecule has 0 radical (unpaired) electrons. The third-order valence-corrected chi connectivity index (χ3v) is 2.74. The van der Waals surface area contributed by atoms with Gasteiger partial charge < -0.3 is 15.7 Å². The van der Waals surface area contributed by atoms with E-state index < -0.39 is 12.1 Å². The zero-order chi connectivity index (χ0) is 15.3. The first kappa shape index (κ1) is 16.6. The molecule has 0 saturated heterocycles. The van der Waals surface area contributed by atoms with Gasteiger partial charge in [-0.1, -0.05) is 12.1 Å². The molecule has 1 rings (SSSR count). The predicted octanol–water partition coefficient (Wildman–Crippen LogP) is 1.75. The number of carbonyl (C=O) groups is 1. The number of nitrogens with one attached hydrogen (secondary N) is 2. The summed E-state index contributed by atoms with van der Waals surface area (Å²) in [4.78, 5) is 11.8. The minimum atomic E-state index is -0.851. The monoisotopic (exact) mass is 282 g/mol. The summed E-state index contributed by atoms with van der Waals surface area (Å²) in [7, 11) is 0. The van der Waals surface area contributed by atoms with Crippen LogP contribution in [-0.4, -0.2) is 29.1 Å². The number of hydrogen-bond acceptors (Lipinski definition) is 3. The van der Waals surface area contributed by atoms with Crippen molar-refractivity contribution in [2.24, 2.45) is 0 Å². The Morgan fingerprint density at radius 3 is 2.60 bits per heavy atom. The minimum Gasteiger partial charge on any atom is -0.387 e. The van der Waals surface area contributed by atoms with Gasteiger partial charge in [-0.15, -0.1) is 0 Å². The van der Waals surface area contributed by atoms with Gasteiger partial charge in [-0.05, 0) is 45.4 Å².